The van der Waals surface area contributed by atoms with Crippen LogP contribution in [0.4, 0.5) is 0 Å². The number of aromatic nitrogens is 4. The monoisotopic (exact) mass is 214 g/mol. The van der Waals surface area contributed by atoms with Gasteiger partial charge in [0, 0.05) is 18.0 Å². The standard InChI is InChI=1S/C7H6N4S.ClH/c12-7-9-6(10-11-7)5-1-3-8-4-2-5;/h1-4H,(H2,9,10,11,12);1H. The fraction of sp³-hybridized carbons (Fsp3) is 0. The van der Waals surface area contributed by atoms with E-state index in [1.807, 2.05) is 12.1 Å². The fourth-order valence-electron chi connectivity index (χ4n) is 0.917. The van der Waals surface area contributed by atoms with E-state index in [9.17, 15) is 0 Å². The van der Waals surface area contributed by atoms with Gasteiger partial charge in [-0.3, -0.25) is 15.2 Å². The van der Waals surface area contributed by atoms with Crippen molar-refractivity contribution >= 4 is 24.6 Å². The summed E-state index contributed by atoms with van der Waals surface area (Å²) in [4.78, 5) is 7.96. The van der Waals surface area contributed by atoms with Crippen LogP contribution in [0.1, 0.15) is 0 Å². The molecule has 0 fully saturated rings. The first-order valence-corrected chi connectivity index (χ1v) is 3.82. The quantitative estimate of drug-likeness (QED) is 0.714. The zero-order chi connectivity index (χ0) is 8.39. The van der Waals surface area contributed by atoms with Gasteiger partial charge in [-0.1, -0.05) is 0 Å². The van der Waals surface area contributed by atoms with Gasteiger partial charge < -0.3 is 0 Å². The van der Waals surface area contributed by atoms with Gasteiger partial charge in [0.15, 0.2) is 5.82 Å². The van der Waals surface area contributed by atoms with Gasteiger partial charge in [-0.15, -0.1) is 12.4 Å². The molecule has 0 amide bonds. The summed E-state index contributed by atoms with van der Waals surface area (Å²) in [6, 6.07) is 3.73. The third-order valence-corrected chi connectivity index (χ3v) is 1.65. The number of nitrogens with one attached hydrogen (secondary N) is 2. The third-order valence-electron chi connectivity index (χ3n) is 1.45. The summed E-state index contributed by atoms with van der Waals surface area (Å²) in [5.41, 5.74) is 0.970. The lowest BCUT2D eigenvalue weighted by Gasteiger charge is -1.91. The molecular weight excluding hydrogens is 208 g/mol. The highest BCUT2D eigenvalue weighted by Gasteiger charge is 1.97. The average Bonchev–Trinajstić information content (AvgIpc) is 2.54. The molecule has 0 aromatic carbocycles. The maximum atomic E-state index is 4.82. The molecule has 13 heavy (non-hydrogen) atoms. The molecule has 2 rings (SSSR count). The summed E-state index contributed by atoms with van der Waals surface area (Å²) >= 11 is 4.82. The second-order valence-electron chi connectivity index (χ2n) is 2.25. The topological polar surface area (TPSA) is 57.4 Å². The lowest BCUT2D eigenvalue weighted by Crippen LogP contribution is -1.80. The molecule has 4 nitrogen and oxygen atoms in total. The van der Waals surface area contributed by atoms with Gasteiger partial charge in [-0.2, -0.15) is 4.98 Å². The summed E-state index contributed by atoms with van der Waals surface area (Å²) in [5.74, 6) is 0.738. The Balaban J connectivity index is 0.000000845. The van der Waals surface area contributed by atoms with Crippen LogP contribution in [0.15, 0.2) is 24.5 Å². The number of aromatic amines is 2. The summed E-state index contributed by atoms with van der Waals surface area (Å²) in [5, 5.41) is 5.58. The van der Waals surface area contributed by atoms with E-state index in [1.54, 1.807) is 12.4 Å². The van der Waals surface area contributed by atoms with E-state index in [0.29, 0.717) is 4.77 Å². The summed E-state index contributed by atoms with van der Waals surface area (Å²) in [6.45, 7) is 0. The van der Waals surface area contributed by atoms with E-state index in [1.165, 1.54) is 0 Å². The zero-order valence-electron chi connectivity index (χ0n) is 6.52. The van der Waals surface area contributed by atoms with Crippen LogP contribution < -0.4 is 0 Å². The first-order valence-electron chi connectivity index (χ1n) is 3.41. The van der Waals surface area contributed by atoms with Gasteiger partial charge >= 0.3 is 0 Å². The number of rotatable bonds is 1. The lowest BCUT2D eigenvalue weighted by atomic mass is 10.3. The van der Waals surface area contributed by atoms with Crippen molar-refractivity contribution < 1.29 is 0 Å². The Labute approximate surface area is 85.8 Å². The maximum absolute atomic E-state index is 4.82. The Morgan fingerprint density at radius 2 is 1.85 bits per heavy atom. The molecule has 0 aliphatic carbocycles. The zero-order valence-corrected chi connectivity index (χ0v) is 8.15. The number of H-pyrrole nitrogens is 2. The maximum Gasteiger partial charge on any atom is 0.213 e. The van der Waals surface area contributed by atoms with Crippen molar-refractivity contribution in [1.29, 1.82) is 0 Å². The predicted molar refractivity (Wildman–Crippen MR) is 54.3 cm³/mol. The summed E-state index contributed by atoms with van der Waals surface area (Å²) < 4.78 is 0.460. The SMILES string of the molecule is Cl.S=c1nc(-c2ccncc2)[nH][nH]1. The van der Waals surface area contributed by atoms with Crippen molar-refractivity contribution in [3.8, 4) is 11.4 Å². The largest absolute Gasteiger partial charge is 0.282 e. The van der Waals surface area contributed by atoms with Crippen LogP contribution in [-0.2, 0) is 0 Å². The first-order chi connectivity index (χ1) is 5.86. The van der Waals surface area contributed by atoms with E-state index >= 15 is 0 Å². The Morgan fingerprint density at radius 1 is 1.15 bits per heavy atom. The Morgan fingerprint density at radius 3 is 2.38 bits per heavy atom. The minimum atomic E-state index is 0. The average molecular weight is 215 g/mol. The molecule has 2 N–H and O–H groups in total. The Hall–Kier alpha value is -1.20. The number of hydrogen-bond donors (Lipinski definition) is 2. The molecule has 0 unspecified atom stereocenters. The van der Waals surface area contributed by atoms with Crippen LogP contribution >= 0.6 is 24.6 Å². The van der Waals surface area contributed by atoms with Gasteiger partial charge in [0.05, 0.1) is 0 Å². The number of halogens is 1. The van der Waals surface area contributed by atoms with Crippen molar-refractivity contribution in [3.63, 3.8) is 0 Å². The minimum Gasteiger partial charge on any atom is -0.282 e. The second-order valence-corrected chi connectivity index (χ2v) is 2.64. The van der Waals surface area contributed by atoms with Crippen LogP contribution in [0.3, 0.4) is 0 Å². The lowest BCUT2D eigenvalue weighted by molar-refractivity contribution is 1.08. The van der Waals surface area contributed by atoms with E-state index < -0.39 is 0 Å². The number of hydrogen-bond acceptors (Lipinski definition) is 3. The Bertz CT molecular complexity index is 421. The van der Waals surface area contributed by atoms with Crippen LogP contribution in [0, 0.1) is 4.77 Å². The molecule has 0 bridgehead atoms. The van der Waals surface area contributed by atoms with Crippen LogP contribution in [0.25, 0.3) is 11.4 Å². The molecule has 0 saturated heterocycles. The Kier molecular flexibility index (Phi) is 3.16. The molecule has 2 aromatic heterocycles. The highest BCUT2D eigenvalue weighted by molar-refractivity contribution is 7.71. The molecule has 2 heterocycles. The highest BCUT2D eigenvalue weighted by Crippen LogP contribution is 2.10. The van der Waals surface area contributed by atoms with Crippen molar-refractivity contribution in [1.82, 2.24) is 20.2 Å². The van der Waals surface area contributed by atoms with Gasteiger partial charge in [0.2, 0.25) is 4.77 Å². The van der Waals surface area contributed by atoms with Gasteiger partial charge in [0.25, 0.3) is 0 Å². The van der Waals surface area contributed by atoms with Crippen LogP contribution in [0.5, 0.6) is 0 Å². The van der Waals surface area contributed by atoms with Crippen molar-refractivity contribution in [2.24, 2.45) is 0 Å². The van der Waals surface area contributed by atoms with Crippen molar-refractivity contribution in [3.05, 3.63) is 29.3 Å². The smallest absolute Gasteiger partial charge is 0.213 e. The van der Waals surface area contributed by atoms with Crippen LogP contribution in [0.2, 0.25) is 0 Å². The van der Waals surface area contributed by atoms with Crippen molar-refractivity contribution in [2.45, 2.75) is 0 Å². The minimum absolute atomic E-state index is 0. The molecule has 68 valence electrons. The normalized spacial score (nSPS) is 9.23. The molecule has 0 atom stereocenters. The molecule has 0 spiro atoms. The molecule has 2 aromatic rings. The van der Waals surface area contributed by atoms with Gasteiger partial charge in [-0.25, -0.2) is 0 Å². The second kappa shape index (κ2) is 4.15. The molecule has 0 aliphatic rings. The molecule has 6 heteroatoms. The van der Waals surface area contributed by atoms with Gasteiger partial charge in [0.1, 0.15) is 0 Å². The predicted octanol–water partition coefficient (Wildman–Crippen LogP) is 1.95. The van der Waals surface area contributed by atoms with Gasteiger partial charge in [-0.05, 0) is 24.4 Å². The molecule has 0 aliphatic heterocycles. The van der Waals surface area contributed by atoms with Crippen molar-refractivity contribution in [2.75, 3.05) is 0 Å². The summed E-state index contributed by atoms with van der Waals surface area (Å²) in [7, 11) is 0. The summed E-state index contributed by atoms with van der Waals surface area (Å²) in [6.07, 6.45) is 3.42. The number of nitrogens with zero attached hydrogens (tertiary/aromatic N) is 2. The molecular formula is C7H7ClN4S. The fourth-order valence-corrected chi connectivity index (χ4v) is 1.06. The van der Waals surface area contributed by atoms with Crippen LogP contribution in [-0.4, -0.2) is 20.2 Å². The number of pyridine rings is 1. The molecule has 0 saturated carbocycles. The first kappa shape index (κ1) is 9.88. The van der Waals surface area contributed by atoms with E-state index in [4.69, 9.17) is 12.2 Å². The molecule has 0 radical (unpaired) electrons. The highest BCUT2D eigenvalue weighted by atomic mass is 35.5. The van der Waals surface area contributed by atoms with E-state index in [0.717, 1.165) is 11.4 Å². The van der Waals surface area contributed by atoms with E-state index in [2.05, 4.69) is 20.2 Å². The van der Waals surface area contributed by atoms with E-state index in [-0.39, 0.29) is 12.4 Å². The third kappa shape index (κ3) is 2.13.